The zero-order valence-electron chi connectivity index (χ0n) is 9.60. The van der Waals surface area contributed by atoms with Crippen LogP contribution in [0.15, 0.2) is 39.3 Å². The molecule has 0 aromatic heterocycles. The van der Waals surface area contributed by atoms with Gasteiger partial charge in [0, 0.05) is 20.3 Å². The molecule has 0 atom stereocenters. The molecule has 0 saturated carbocycles. The fourth-order valence-corrected chi connectivity index (χ4v) is 2.41. The van der Waals surface area contributed by atoms with E-state index in [1.807, 2.05) is 37.3 Å². The molecular formula is C13H11Br2ClN2. The quantitative estimate of drug-likeness (QED) is 0.665. The molecule has 0 aliphatic carbocycles. The number of benzene rings is 2. The smallest absolute Gasteiger partial charge is 0.0568 e. The van der Waals surface area contributed by atoms with Crippen LogP contribution in [0.5, 0.6) is 0 Å². The summed E-state index contributed by atoms with van der Waals surface area (Å²) >= 11 is 12.9. The average Bonchev–Trinajstić information content (AvgIpc) is 2.31. The Hall–Kier alpha value is -0.710. The Morgan fingerprint density at radius 3 is 2.50 bits per heavy atom. The number of nitrogens with one attached hydrogen (secondary N) is 1. The summed E-state index contributed by atoms with van der Waals surface area (Å²) in [7, 11) is 0. The maximum atomic E-state index is 6.06. The van der Waals surface area contributed by atoms with Crippen LogP contribution in [0.1, 0.15) is 5.56 Å². The highest BCUT2D eigenvalue weighted by Gasteiger charge is 2.05. The van der Waals surface area contributed by atoms with Gasteiger partial charge in [-0.1, -0.05) is 11.6 Å². The molecule has 0 aliphatic rings. The van der Waals surface area contributed by atoms with Gasteiger partial charge in [0.15, 0.2) is 0 Å². The predicted octanol–water partition coefficient (Wildman–Crippen LogP) is 5.50. The van der Waals surface area contributed by atoms with Crippen LogP contribution in [-0.2, 0) is 0 Å². The Morgan fingerprint density at radius 1 is 1.11 bits per heavy atom. The zero-order valence-corrected chi connectivity index (χ0v) is 13.5. The van der Waals surface area contributed by atoms with Crippen molar-refractivity contribution in [1.29, 1.82) is 0 Å². The van der Waals surface area contributed by atoms with E-state index in [1.165, 1.54) is 0 Å². The maximum absolute atomic E-state index is 6.06. The molecule has 2 aromatic rings. The van der Waals surface area contributed by atoms with Crippen molar-refractivity contribution in [1.82, 2.24) is 0 Å². The van der Waals surface area contributed by atoms with E-state index >= 15 is 0 Å². The monoisotopic (exact) mass is 388 g/mol. The van der Waals surface area contributed by atoms with Gasteiger partial charge >= 0.3 is 0 Å². The third-order valence-corrected chi connectivity index (χ3v) is 4.44. The lowest BCUT2D eigenvalue weighted by molar-refractivity contribution is 1.43. The Bertz CT molecular complexity index is 600. The normalized spacial score (nSPS) is 10.4. The second kappa shape index (κ2) is 5.51. The first-order valence-corrected chi connectivity index (χ1v) is 7.21. The molecule has 0 spiro atoms. The van der Waals surface area contributed by atoms with E-state index in [2.05, 4.69) is 37.2 Å². The molecule has 2 rings (SSSR count). The van der Waals surface area contributed by atoms with E-state index in [4.69, 9.17) is 17.3 Å². The van der Waals surface area contributed by atoms with Gasteiger partial charge in [-0.05, 0) is 74.7 Å². The van der Waals surface area contributed by atoms with Gasteiger partial charge in [0.05, 0.1) is 10.7 Å². The second-order valence-electron chi connectivity index (χ2n) is 3.94. The average molecular weight is 391 g/mol. The van der Waals surface area contributed by atoms with Gasteiger partial charge in [-0.25, -0.2) is 0 Å². The molecule has 3 N–H and O–H groups in total. The fourth-order valence-electron chi connectivity index (χ4n) is 1.52. The van der Waals surface area contributed by atoms with Crippen LogP contribution in [0.3, 0.4) is 0 Å². The van der Waals surface area contributed by atoms with Crippen molar-refractivity contribution in [2.75, 3.05) is 11.1 Å². The fraction of sp³-hybridized carbons (Fsp3) is 0.0769. The molecule has 0 unspecified atom stereocenters. The van der Waals surface area contributed by atoms with Gasteiger partial charge in [-0.15, -0.1) is 0 Å². The number of nitrogen functional groups attached to an aromatic ring is 1. The SMILES string of the molecule is Cc1cc(Nc2ccc(Br)c(Cl)c2)c(Br)cc1N. The van der Waals surface area contributed by atoms with Crippen molar-refractivity contribution in [3.8, 4) is 0 Å². The summed E-state index contributed by atoms with van der Waals surface area (Å²) in [5.41, 5.74) is 9.52. The lowest BCUT2D eigenvalue weighted by Crippen LogP contribution is -1.95. The van der Waals surface area contributed by atoms with Crippen LogP contribution < -0.4 is 11.1 Å². The topological polar surface area (TPSA) is 38.0 Å². The van der Waals surface area contributed by atoms with Crippen LogP contribution in [0, 0.1) is 6.92 Å². The van der Waals surface area contributed by atoms with Gasteiger partial charge in [0.1, 0.15) is 0 Å². The molecule has 0 bridgehead atoms. The largest absolute Gasteiger partial charge is 0.398 e. The summed E-state index contributed by atoms with van der Waals surface area (Å²) in [6.45, 7) is 1.97. The minimum atomic E-state index is 0.670. The Balaban J connectivity index is 2.34. The lowest BCUT2D eigenvalue weighted by atomic mass is 10.2. The predicted molar refractivity (Wildman–Crippen MR) is 85.7 cm³/mol. The number of halogens is 3. The second-order valence-corrected chi connectivity index (χ2v) is 6.06. The van der Waals surface area contributed by atoms with Crippen LogP contribution in [0.25, 0.3) is 0 Å². The molecule has 0 heterocycles. The first-order chi connectivity index (χ1) is 8.47. The highest BCUT2D eigenvalue weighted by atomic mass is 79.9. The number of anilines is 3. The summed E-state index contributed by atoms with van der Waals surface area (Å²) in [4.78, 5) is 0. The van der Waals surface area contributed by atoms with Crippen LogP contribution in [0.2, 0.25) is 5.02 Å². The third kappa shape index (κ3) is 2.99. The summed E-state index contributed by atoms with van der Waals surface area (Å²) < 4.78 is 1.80. The zero-order chi connectivity index (χ0) is 13.3. The van der Waals surface area contributed by atoms with E-state index in [0.29, 0.717) is 5.02 Å². The number of rotatable bonds is 2. The van der Waals surface area contributed by atoms with E-state index < -0.39 is 0 Å². The molecule has 0 aliphatic heterocycles. The molecule has 94 valence electrons. The van der Waals surface area contributed by atoms with Crippen molar-refractivity contribution in [3.05, 3.63) is 49.9 Å². The molecule has 0 saturated heterocycles. The minimum absolute atomic E-state index is 0.670. The van der Waals surface area contributed by atoms with Crippen molar-refractivity contribution in [2.24, 2.45) is 0 Å². The summed E-state index contributed by atoms with van der Waals surface area (Å²) in [5.74, 6) is 0. The van der Waals surface area contributed by atoms with E-state index in [9.17, 15) is 0 Å². The van der Waals surface area contributed by atoms with E-state index in [0.717, 1.165) is 31.6 Å². The van der Waals surface area contributed by atoms with Gasteiger partial charge in [0.25, 0.3) is 0 Å². The summed E-state index contributed by atoms with van der Waals surface area (Å²) in [6.07, 6.45) is 0. The number of nitrogens with two attached hydrogens (primary N) is 1. The molecule has 0 radical (unpaired) electrons. The molecule has 2 aromatic carbocycles. The van der Waals surface area contributed by atoms with E-state index in [-0.39, 0.29) is 0 Å². The van der Waals surface area contributed by atoms with Gasteiger partial charge in [0.2, 0.25) is 0 Å². The first-order valence-electron chi connectivity index (χ1n) is 5.25. The molecule has 0 amide bonds. The van der Waals surface area contributed by atoms with Crippen molar-refractivity contribution >= 4 is 60.5 Å². The van der Waals surface area contributed by atoms with Crippen LogP contribution in [-0.4, -0.2) is 0 Å². The maximum Gasteiger partial charge on any atom is 0.0568 e. The van der Waals surface area contributed by atoms with Crippen molar-refractivity contribution in [3.63, 3.8) is 0 Å². The van der Waals surface area contributed by atoms with Gasteiger partial charge in [-0.3, -0.25) is 0 Å². The number of aryl methyl sites for hydroxylation is 1. The van der Waals surface area contributed by atoms with Crippen molar-refractivity contribution < 1.29 is 0 Å². The van der Waals surface area contributed by atoms with Crippen molar-refractivity contribution in [2.45, 2.75) is 6.92 Å². The Labute approximate surface area is 128 Å². The molecule has 2 nitrogen and oxygen atoms in total. The Kier molecular flexibility index (Phi) is 4.20. The minimum Gasteiger partial charge on any atom is -0.398 e. The highest BCUT2D eigenvalue weighted by Crippen LogP contribution is 2.32. The first kappa shape index (κ1) is 13.7. The third-order valence-electron chi connectivity index (χ3n) is 2.55. The summed E-state index contributed by atoms with van der Waals surface area (Å²) in [5, 5.41) is 3.97. The van der Waals surface area contributed by atoms with Gasteiger partial charge in [-0.2, -0.15) is 0 Å². The standard InChI is InChI=1S/C13H11Br2ClN2/c1-7-4-13(10(15)6-12(7)17)18-8-2-3-9(14)11(16)5-8/h2-6,18H,17H2,1H3. The van der Waals surface area contributed by atoms with Crippen LogP contribution in [0.4, 0.5) is 17.1 Å². The van der Waals surface area contributed by atoms with Gasteiger partial charge < -0.3 is 11.1 Å². The summed E-state index contributed by atoms with van der Waals surface area (Å²) in [6, 6.07) is 9.61. The molecule has 0 fully saturated rings. The highest BCUT2D eigenvalue weighted by molar-refractivity contribution is 9.11. The number of hydrogen-bond acceptors (Lipinski definition) is 2. The number of hydrogen-bond donors (Lipinski definition) is 2. The van der Waals surface area contributed by atoms with Crippen LogP contribution >= 0.6 is 43.5 Å². The lowest BCUT2D eigenvalue weighted by Gasteiger charge is -2.12. The molecule has 5 heteroatoms. The molecular weight excluding hydrogens is 379 g/mol. The molecule has 18 heavy (non-hydrogen) atoms. The van der Waals surface area contributed by atoms with E-state index in [1.54, 1.807) is 0 Å². The Morgan fingerprint density at radius 2 is 1.83 bits per heavy atom.